The second-order valence-corrected chi connectivity index (χ2v) is 6.34. The van der Waals surface area contributed by atoms with E-state index in [4.69, 9.17) is 16.3 Å². The van der Waals surface area contributed by atoms with Gasteiger partial charge in [0.2, 0.25) is 5.91 Å². The molecule has 2 aliphatic rings. The van der Waals surface area contributed by atoms with Crippen molar-refractivity contribution in [3.8, 4) is 0 Å². The van der Waals surface area contributed by atoms with E-state index in [1.54, 1.807) is 0 Å². The second kappa shape index (κ2) is 5.95. The first-order valence-corrected chi connectivity index (χ1v) is 7.93. The van der Waals surface area contributed by atoms with Crippen molar-refractivity contribution in [1.29, 1.82) is 0 Å². The van der Waals surface area contributed by atoms with Gasteiger partial charge in [-0.1, -0.05) is 24.6 Å². The zero-order valence-corrected chi connectivity index (χ0v) is 13.2. The minimum atomic E-state index is 0.0380. The normalized spacial score (nSPS) is 25.8. The van der Waals surface area contributed by atoms with Crippen LogP contribution in [-0.4, -0.2) is 25.2 Å². The van der Waals surface area contributed by atoms with Crippen molar-refractivity contribution in [2.45, 2.75) is 38.8 Å². The number of carbonyl (C=O) groups excluding carboxylic acids is 1. The zero-order valence-electron chi connectivity index (χ0n) is 12.4. The molecule has 0 radical (unpaired) electrons. The first-order chi connectivity index (χ1) is 10.1. The molecule has 1 fully saturated rings. The van der Waals surface area contributed by atoms with E-state index in [9.17, 15) is 4.79 Å². The van der Waals surface area contributed by atoms with E-state index in [0.29, 0.717) is 23.5 Å². The van der Waals surface area contributed by atoms with Crippen molar-refractivity contribution in [1.82, 2.24) is 5.32 Å². The van der Waals surface area contributed by atoms with Crippen molar-refractivity contribution in [2.75, 3.05) is 18.5 Å². The zero-order chi connectivity index (χ0) is 15.0. The van der Waals surface area contributed by atoms with Crippen LogP contribution in [0.5, 0.6) is 0 Å². The van der Waals surface area contributed by atoms with Crippen LogP contribution < -0.4 is 10.6 Å². The monoisotopic (exact) mass is 308 g/mol. The van der Waals surface area contributed by atoms with Crippen LogP contribution in [0.4, 0.5) is 5.69 Å². The van der Waals surface area contributed by atoms with Crippen LogP contribution >= 0.6 is 11.6 Å². The number of rotatable bonds is 4. The van der Waals surface area contributed by atoms with Crippen LogP contribution in [0.15, 0.2) is 12.1 Å². The van der Waals surface area contributed by atoms with Crippen molar-refractivity contribution >= 4 is 23.2 Å². The summed E-state index contributed by atoms with van der Waals surface area (Å²) in [5.41, 5.74) is 2.96. The summed E-state index contributed by atoms with van der Waals surface area (Å²) in [7, 11) is 0. The Kier molecular flexibility index (Phi) is 4.20. The molecule has 1 aromatic carbocycles. The summed E-state index contributed by atoms with van der Waals surface area (Å²) in [5, 5.41) is 7.09. The van der Waals surface area contributed by atoms with E-state index in [0.717, 1.165) is 36.4 Å². The molecule has 0 aliphatic carbocycles. The molecular weight excluding hydrogens is 288 g/mol. The molecule has 1 amide bonds. The van der Waals surface area contributed by atoms with Gasteiger partial charge in [-0.3, -0.25) is 4.79 Å². The van der Waals surface area contributed by atoms with Crippen LogP contribution in [-0.2, 0) is 16.0 Å². The SMILES string of the molecule is CCNC(c1cc2c(cc1Cl)NC(=O)C2)C1COC(C)C1. The molecule has 0 saturated carbocycles. The third-order valence-electron chi connectivity index (χ3n) is 4.31. The highest BCUT2D eigenvalue weighted by molar-refractivity contribution is 6.32. The summed E-state index contributed by atoms with van der Waals surface area (Å²) in [6, 6.07) is 4.13. The fourth-order valence-electron chi connectivity index (χ4n) is 3.34. The Morgan fingerprint density at radius 2 is 2.33 bits per heavy atom. The average Bonchev–Trinajstić information content (AvgIpc) is 3.00. The van der Waals surface area contributed by atoms with Crippen LogP contribution in [0.25, 0.3) is 0 Å². The van der Waals surface area contributed by atoms with Crippen LogP contribution in [0.3, 0.4) is 0 Å². The molecule has 4 nitrogen and oxygen atoms in total. The molecule has 5 heteroatoms. The number of carbonyl (C=O) groups is 1. The number of hydrogen-bond acceptors (Lipinski definition) is 3. The number of fused-ring (bicyclic) bond motifs is 1. The van der Waals surface area contributed by atoms with E-state index in [1.807, 2.05) is 6.07 Å². The maximum absolute atomic E-state index is 11.5. The van der Waals surface area contributed by atoms with Crippen molar-refractivity contribution in [3.05, 3.63) is 28.3 Å². The predicted octanol–water partition coefficient (Wildman–Crippen LogP) is 2.91. The fourth-order valence-corrected chi connectivity index (χ4v) is 3.62. The lowest BCUT2D eigenvalue weighted by Crippen LogP contribution is -2.29. The Morgan fingerprint density at radius 3 is 3.00 bits per heavy atom. The predicted molar refractivity (Wildman–Crippen MR) is 83.7 cm³/mol. The summed E-state index contributed by atoms with van der Waals surface area (Å²) in [5.74, 6) is 0.455. The van der Waals surface area contributed by atoms with Gasteiger partial charge < -0.3 is 15.4 Å². The number of halogens is 1. The van der Waals surface area contributed by atoms with E-state index in [1.165, 1.54) is 0 Å². The third-order valence-corrected chi connectivity index (χ3v) is 4.63. The number of amides is 1. The third kappa shape index (κ3) is 2.93. The summed E-state index contributed by atoms with van der Waals surface area (Å²) in [4.78, 5) is 11.5. The van der Waals surface area contributed by atoms with Gasteiger partial charge in [-0.15, -0.1) is 0 Å². The molecule has 3 unspecified atom stereocenters. The lowest BCUT2D eigenvalue weighted by atomic mass is 9.89. The largest absolute Gasteiger partial charge is 0.378 e. The van der Waals surface area contributed by atoms with E-state index >= 15 is 0 Å². The molecule has 114 valence electrons. The Labute approximate surface area is 130 Å². The van der Waals surface area contributed by atoms with Crippen LogP contribution in [0.2, 0.25) is 5.02 Å². The Bertz CT molecular complexity index is 561. The van der Waals surface area contributed by atoms with Gasteiger partial charge in [0.25, 0.3) is 0 Å². The lowest BCUT2D eigenvalue weighted by Gasteiger charge is -2.25. The fraction of sp³-hybridized carbons (Fsp3) is 0.562. The molecule has 3 rings (SSSR count). The molecule has 21 heavy (non-hydrogen) atoms. The first-order valence-electron chi connectivity index (χ1n) is 7.55. The molecule has 2 N–H and O–H groups in total. The van der Waals surface area contributed by atoms with E-state index < -0.39 is 0 Å². The summed E-state index contributed by atoms with van der Waals surface area (Å²) in [6.07, 6.45) is 1.77. The number of nitrogens with one attached hydrogen (secondary N) is 2. The topological polar surface area (TPSA) is 50.4 Å². The van der Waals surface area contributed by atoms with Crippen LogP contribution in [0, 0.1) is 5.92 Å². The van der Waals surface area contributed by atoms with E-state index in [-0.39, 0.29) is 11.9 Å². The quantitative estimate of drug-likeness (QED) is 0.899. The number of hydrogen-bond donors (Lipinski definition) is 2. The number of benzene rings is 1. The molecule has 1 saturated heterocycles. The van der Waals surface area contributed by atoms with Gasteiger partial charge in [0.15, 0.2) is 0 Å². The van der Waals surface area contributed by atoms with Gasteiger partial charge in [-0.05, 0) is 37.1 Å². The first kappa shape index (κ1) is 14.8. The van der Waals surface area contributed by atoms with E-state index in [2.05, 4.69) is 30.5 Å². The number of ether oxygens (including phenoxy) is 1. The summed E-state index contributed by atoms with van der Waals surface area (Å²) in [6.45, 7) is 5.83. The molecule has 3 atom stereocenters. The smallest absolute Gasteiger partial charge is 0.228 e. The second-order valence-electron chi connectivity index (χ2n) is 5.93. The van der Waals surface area contributed by atoms with Gasteiger partial charge in [0, 0.05) is 22.7 Å². The lowest BCUT2D eigenvalue weighted by molar-refractivity contribution is -0.115. The highest BCUT2D eigenvalue weighted by atomic mass is 35.5. The maximum atomic E-state index is 11.5. The van der Waals surface area contributed by atoms with Crippen molar-refractivity contribution < 1.29 is 9.53 Å². The summed E-state index contributed by atoms with van der Waals surface area (Å²) < 4.78 is 5.71. The van der Waals surface area contributed by atoms with Crippen molar-refractivity contribution in [2.24, 2.45) is 5.92 Å². The molecule has 0 aromatic heterocycles. The molecule has 0 bridgehead atoms. The standard InChI is InChI=1S/C16H21ClN2O2/c1-3-18-16(11-4-9(2)21-8-11)12-5-10-6-15(20)19-14(10)7-13(12)17/h5,7,9,11,16,18H,3-4,6,8H2,1-2H3,(H,19,20). The van der Waals surface area contributed by atoms with Gasteiger partial charge in [0.1, 0.15) is 0 Å². The Hall–Kier alpha value is -1.10. The molecule has 0 spiro atoms. The average molecular weight is 309 g/mol. The minimum absolute atomic E-state index is 0.0380. The van der Waals surface area contributed by atoms with Crippen LogP contribution in [0.1, 0.15) is 37.4 Å². The highest BCUT2D eigenvalue weighted by Crippen LogP contribution is 2.38. The Balaban J connectivity index is 1.92. The van der Waals surface area contributed by atoms with Gasteiger partial charge in [-0.2, -0.15) is 0 Å². The molecular formula is C16H21ClN2O2. The highest BCUT2D eigenvalue weighted by Gasteiger charge is 2.32. The van der Waals surface area contributed by atoms with Gasteiger partial charge in [0.05, 0.1) is 19.1 Å². The maximum Gasteiger partial charge on any atom is 0.228 e. The molecule has 1 aromatic rings. The van der Waals surface area contributed by atoms with Crippen molar-refractivity contribution in [3.63, 3.8) is 0 Å². The van der Waals surface area contributed by atoms with Gasteiger partial charge in [-0.25, -0.2) is 0 Å². The minimum Gasteiger partial charge on any atom is -0.378 e. The summed E-state index contributed by atoms with van der Waals surface area (Å²) >= 11 is 6.47. The number of anilines is 1. The molecule has 2 aliphatic heterocycles. The molecule has 2 heterocycles. The Morgan fingerprint density at radius 1 is 1.52 bits per heavy atom. The van der Waals surface area contributed by atoms with Gasteiger partial charge >= 0.3 is 0 Å².